The molecular formula is C12H17ClN2O. The molecule has 0 aliphatic carbocycles. The SMILES string of the molecule is CC(C)C(=O)NC(CN)c1cccc(Cl)c1. The Bertz CT molecular complexity index is 366. The van der Waals surface area contributed by atoms with Crippen LogP contribution in [0.25, 0.3) is 0 Å². The molecule has 0 saturated carbocycles. The van der Waals surface area contributed by atoms with E-state index < -0.39 is 0 Å². The minimum Gasteiger partial charge on any atom is -0.348 e. The Morgan fingerprint density at radius 2 is 2.19 bits per heavy atom. The van der Waals surface area contributed by atoms with Crippen molar-refractivity contribution in [2.75, 3.05) is 6.54 Å². The van der Waals surface area contributed by atoms with Crippen molar-refractivity contribution < 1.29 is 4.79 Å². The summed E-state index contributed by atoms with van der Waals surface area (Å²) in [5.41, 5.74) is 6.58. The third-order valence-corrected chi connectivity index (χ3v) is 2.56. The van der Waals surface area contributed by atoms with E-state index in [2.05, 4.69) is 5.32 Å². The second-order valence-electron chi connectivity index (χ2n) is 4.01. The molecule has 3 nitrogen and oxygen atoms in total. The van der Waals surface area contributed by atoms with Crippen LogP contribution in [0.3, 0.4) is 0 Å². The van der Waals surface area contributed by atoms with Gasteiger partial charge >= 0.3 is 0 Å². The van der Waals surface area contributed by atoms with Gasteiger partial charge in [0.15, 0.2) is 0 Å². The predicted octanol–water partition coefficient (Wildman–Crippen LogP) is 2.11. The maximum Gasteiger partial charge on any atom is 0.223 e. The number of rotatable bonds is 4. The first-order valence-corrected chi connectivity index (χ1v) is 5.68. The maximum atomic E-state index is 11.6. The van der Waals surface area contributed by atoms with Crippen molar-refractivity contribution in [2.24, 2.45) is 11.7 Å². The molecule has 1 atom stereocenters. The lowest BCUT2D eigenvalue weighted by atomic mass is 10.1. The zero-order valence-electron chi connectivity index (χ0n) is 9.53. The molecule has 0 radical (unpaired) electrons. The fourth-order valence-corrected chi connectivity index (χ4v) is 1.54. The van der Waals surface area contributed by atoms with Gasteiger partial charge in [-0.05, 0) is 17.7 Å². The molecule has 0 spiro atoms. The van der Waals surface area contributed by atoms with Gasteiger partial charge in [-0.3, -0.25) is 4.79 Å². The second-order valence-corrected chi connectivity index (χ2v) is 4.44. The fraction of sp³-hybridized carbons (Fsp3) is 0.417. The summed E-state index contributed by atoms with van der Waals surface area (Å²) < 4.78 is 0. The van der Waals surface area contributed by atoms with Crippen LogP contribution >= 0.6 is 11.6 Å². The fourth-order valence-electron chi connectivity index (χ4n) is 1.34. The Morgan fingerprint density at radius 1 is 1.50 bits per heavy atom. The van der Waals surface area contributed by atoms with Gasteiger partial charge in [-0.15, -0.1) is 0 Å². The maximum absolute atomic E-state index is 11.6. The topological polar surface area (TPSA) is 55.1 Å². The van der Waals surface area contributed by atoms with Crippen LogP contribution in [0.2, 0.25) is 5.02 Å². The molecule has 1 aromatic carbocycles. The summed E-state index contributed by atoms with van der Waals surface area (Å²) in [6.45, 7) is 4.06. The Labute approximate surface area is 101 Å². The normalized spacial score (nSPS) is 12.6. The molecule has 0 aromatic heterocycles. The molecule has 16 heavy (non-hydrogen) atoms. The van der Waals surface area contributed by atoms with Gasteiger partial charge in [0, 0.05) is 17.5 Å². The lowest BCUT2D eigenvalue weighted by Gasteiger charge is -2.18. The van der Waals surface area contributed by atoms with Gasteiger partial charge in [0.25, 0.3) is 0 Å². The predicted molar refractivity (Wildman–Crippen MR) is 66.2 cm³/mol. The highest BCUT2D eigenvalue weighted by Crippen LogP contribution is 2.17. The van der Waals surface area contributed by atoms with E-state index in [4.69, 9.17) is 17.3 Å². The number of carbonyl (C=O) groups excluding carboxylic acids is 1. The first kappa shape index (κ1) is 13.0. The summed E-state index contributed by atoms with van der Waals surface area (Å²) >= 11 is 5.89. The summed E-state index contributed by atoms with van der Waals surface area (Å²) in [5, 5.41) is 3.53. The highest BCUT2D eigenvalue weighted by molar-refractivity contribution is 6.30. The van der Waals surface area contributed by atoms with Crippen LogP contribution in [-0.4, -0.2) is 12.5 Å². The minimum absolute atomic E-state index is 0.00424. The van der Waals surface area contributed by atoms with E-state index in [1.54, 1.807) is 6.07 Å². The van der Waals surface area contributed by atoms with E-state index in [0.717, 1.165) is 5.56 Å². The van der Waals surface area contributed by atoms with Crippen molar-refractivity contribution in [3.05, 3.63) is 34.9 Å². The number of hydrogen-bond acceptors (Lipinski definition) is 2. The number of halogens is 1. The van der Waals surface area contributed by atoms with Crippen molar-refractivity contribution in [3.8, 4) is 0 Å². The summed E-state index contributed by atoms with van der Waals surface area (Å²) in [6.07, 6.45) is 0. The summed E-state index contributed by atoms with van der Waals surface area (Å²) in [5.74, 6) is -0.0522. The van der Waals surface area contributed by atoms with Gasteiger partial charge in [0.2, 0.25) is 5.91 Å². The molecule has 1 unspecified atom stereocenters. The third kappa shape index (κ3) is 3.51. The van der Waals surface area contributed by atoms with E-state index in [-0.39, 0.29) is 17.9 Å². The van der Waals surface area contributed by atoms with Crippen molar-refractivity contribution in [2.45, 2.75) is 19.9 Å². The molecule has 0 fully saturated rings. The van der Waals surface area contributed by atoms with Gasteiger partial charge in [0.1, 0.15) is 0 Å². The van der Waals surface area contributed by atoms with E-state index in [0.29, 0.717) is 11.6 Å². The molecule has 0 aliphatic rings. The van der Waals surface area contributed by atoms with Crippen molar-refractivity contribution in [1.29, 1.82) is 0 Å². The Hall–Kier alpha value is -1.06. The van der Waals surface area contributed by atoms with Gasteiger partial charge in [-0.25, -0.2) is 0 Å². The van der Waals surface area contributed by atoms with E-state index in [1.807, 2.05) is 32.0 Å². The molecule has 1 amide bonds. The van der Waals surface area contributed by atoms with Crippen molar-refractivity contribution >= 4 is 17.5 Å². The lowest BCUT2D eigenvalue weighted by Crippen LogP contribution is -2.35. The molecule has 3 N–H and O–H groups in total. The van der Waals surface area contributed by atoms with Gasteiger partial charge in [-0.2, -0.15) is 0 Å². The van der Waals surface area contributed by atoms with Crippen LogP contribution < -0.4 is 11.1 Å². The molecule has 88 valence electrons. The smallest absolute Gasteiger partial charge is 0.223 e. The third-order valence-electron chi connectivity index (χ3n) is 2.33. The number of nitrogens with one attached hydrogen (secondary N) is 1. The molecule has 1 aromatic rings. The van der Waals surface area contributed by atoms with Gasteiger partial charge in [0.05, 0.1) is 6.04 Å². The van der Waals surface area contributed by atoms with Crippen LogP contribution in [0, 0.1) is 5.92 Å². The molecule has 0 saturated heterocycles. The quantitative estimate of drug-likeness (QED) is 0.847. The Kier molecular flexibility index (Phi) is 4.77. The Morgan fingerprint density at radius 3 is 2.69 bits per heavy atom. The second kappa shape index (κ2) is 5.87. The van der Waals surface area contributed by atoms with Crippen LogP contribution in [0.5, 0.6) is 0 Å². The molecule has 0 bridgehead atoms. The van der Waals surface area contributed by atoms with Gasteiger partial charge in [-0.1, -0.05) is 37.6 Å². The number of nitrogens with two attached hydrogens (primary N) is 1. The largest absolute Gasteiger partial charge is 0.348 e. The lowest BCUT2D eigenvalue weighted by molar-refractivity contribution is -0.124. The standard InChI is InChI=1S/C12H17ClN2O/c1-8(2)12(16)15-11(7-14)9-4-3-5-10(13)6-9/h3-6,8,11H,7,14H2,1-2H3,(H,15,16). The molecule has 0 heterocycles. The zero-order chi connectivity index (χ0) is 12.1. The summed E-state index contributed by atoms with van der Waals surface area (Å²) in [6, 6.07) is 7.20. The van der Waals surface area contributed by atoms with E-state index >= 15 is 0 Å². The Balaban J connectivity index is 2.78. The average Bonchev–Trinajstić information content (AvgIpc) is 2.25. The minimum atomic E-state index is -0.173. The number of hydrogen-bond donors (Lipinski definition) is 2. The number of carbonyl (C=O) groups is 1. The highest BCUT2D eigenvalue weighted by Gasteiger charge is 2.15. The monoisotopic (exact) mass is 240 g/mol. The van der Waals surface area contributed by atoms with Crippen LogP contribution in [-0.2, 0) is 4.79 Å². The molecule has 4 heteroatoms. The summed E-state index contributed by atoms with van der Waals surface area (Å²) in [4.78, 5) is 11.6. The number of amides is 1. The molecule has 1 rings (SSSR count). The first-order valence-electron chi connectivity index (χ1n) is 5.30. The van der Waals surface area contributed by atoms with E-state index in [9.17, 15) is 4.79 Å². The van der Waals surface area contributed by atoms with Crippen molar-refractivity contribution in [3.63, 3.8) is 0 Å². The highest BCUT2D eigenvalue weighted by atomic mass is 35.5. The molecule has 0 aliphatic heterocycles. The van der Waals surface area contributed by atoms with Crippen molar-refractivity contribution in [1.82, 2.24) is 5.32 Å². The first-order chi connectivity index (χ1) is 7.54. The van der Waals surface area contributed by atoms with E-state index in [1.165, 1.54) is 0 Å². The zero-order valence-corrected chi connectivity index (χ0v) is 10.3. The molecular weight excluding hydrogens is 224 g/mol. The average molecular weight is 241 g/mol. The van der Waals surface area contributed by atoms with Crippen LogP contribution in [0.15, 0.2) is 24.3 Å². The summed E-state index contributed by atoms with van der Waals surface area (Å²) in [7, 11) is 0. The van der Waals surface area contributed by atoms with Gasteiger partial charge < -0.3 is 11.1 Å². The van der Waals surface area contributed by atoms with Crippen LogP contribution in [0.4, 0.5) is 0 Å². The van der Waals surface area contributed by atoms with Crippen LogP contribution in [0.1, 0.15) is 25.5 Å². The number of benzene rings is 1.